The highest BCUT2D eigenvalue weighted by atomic mass is 35.5. The maximum absolute atomic E-state index is 6.36. The second-order valence-corrected chi connectivity index (χ2v) is 11.2. The van der Waals surface area contributed by atoms with Crippen molar-refractivity contribution in [1.82, 2.24) is 19.4 Å². The molecule has 0 aliphatic carbocycles. The average Bonchev–Trinajstić information content (AvgIpc) is 3.14. The van der Waals surface area contributed by atoms with Gasteiger partial charge in [0.25, 0.3) is 0 Å². The van der Waals surface area contributed by atoms with Crippen LogP contribution in [0.3, 0.4) is 0 Å². The molecule has 5 nitrogen and oxygen atoms in total. The van der Waals surface area contributed by atoms with Crippen molar-refractivity contribution in [3.63, 3.8) is 0 Å². The zero-order valence-electron chi connectivity index (χ0n) is 22.6. The van der Waals surface area contributed by atoms with Crippen LogP contribution in [0.25, 0.3) is 10.9 Å². The van der Waals surface area contributed by atoms with E-state index in [1.807, 2.05) is 12.1 Å². The molecule has 200 valence electrons. The van der Waals surface area contributed by atoms with Gasteiger partial charge in [-0.25, -0.2) is 4.98 Å². The number of nitrogens with zero attached hydrogens (tertiary/aromatic N) is 5. The summed E-state index contributed by atoms with van der Waals surface area (Å²) in [7, 11) is 2.21. The molecular formula is C31H37Cl2N5. The monoisotopic (exact) mass is 549 g/mol. The third-order valence-electron chi connectivity index (χ3n) is 8.29. The topological polar surface area (TPSA) is 27.5 Å². The van der Waals surface area contributed by atoms with Crippen molar-refractivity contribution >= 4 is 40.7 Å². The van der Waals surface area contributed by atoms with Gasteiger partial charge < -0.3 is 14.4 Å². The van der Waals surface area contributed by atoms with Crippen molar-refractivity contribution in [2.24, 2.45) is 0 Å². The van der Waals surface area contributed by atoms with E-state index in [1.165, 1.54) is 44.5 Å². The molecule has 38 heavy (non-hydrogen) atoms. The van der Waals surface area contributed by atoms with Gasteiger partial charge in [0.1, 0.15) is 0 Å². The first-order chi connectivity index (χ1) is 18.0. The minimum atomic E-state index is 0. The molecule has 0 atom stereocenters. The summed E-state index contributed by atoms with van der Waals surface area (Å²) in [5, 5.41) is 2.11. The van der Waals surface area contributed by atoms with E-state index in [2.05, 4.69) is 82.6 Å². The first-order valence-electron chi connectivity index (χ1n) is 13.4. The van der Waals surface area contributed by atoms with Crippen molar-refractivity contribution in [2.45, 2.75) is 39.9 Å². The summed E-state index contributed by atoms with van der Waals surface area (Å²) in [6.07, 6.45) is 1.05. The Morgan fingerprint density at radius 2 is 1.63 bits per heavy atom. The zero-order valence-corrected chi connectivity index (χ0v) is 24.2. The SMILES string of the molecule is Cc1c(C)n(Cc2cccc(Cl)c2)c2c(N3CCc4ccccc4C3)nc(CN3CCN(C)CC3)cc12.Cl. The molecule has 6 rings (SSSR count). The molecule has 0 spiro atoms. The van der Waals surface area contributed by atoms with Crippen molar-refractivity contribution in [2.75, 3.05) is 44.7 Å². The van der Waals surface area contributed by atoms with Crippen LogP contribution in [-0.2, 0) is 26.1 Å². The molecule has 4 heterocycles. The summed E-state index contributed by atoms with van der Waals surface area (Å²) in [4.78, 5) is 12.9. The molecule has 4 aromatic rings. The Balaban J connectivity index is 0.00000294. The van der Waals surface area contributed by atoms with Gasteiger partial charge in [0.2, 0.25) is 0 Å². The van der Waals surface area contributed by atoms with Gasteiger partial charge in [-0.2, -0.15) is 0 Å². The lowest BCUT2D eigenvalue weighted by Crippen LogP contribution is -2.44. The lowest BCUT2D eigenvalue weighted by atomic mass is 10.00. The maximum atomic E-state index is 6.36. The van der Waals surface area contributed by atoms with Gasteiger partial charge in [0, 0.05) is 68.5 Å². The molecule has 2 aliphatic heterocycles. The van der Waals surface area contributed by atoms with Crippen LogP contribution in [0.2, 0.25) is 5.02 Å². The zero-order chi connectivity index (χ0) is 25.5. The van der Waals surface area contributed by atoms with Gasteiger partial charge in [-0.05, 0) is 67.8 Å². The minimum Gasteiger partial charge on any atom is -0.350 e. The lowest BCUT2D eigenvalue weighted by molar-refractivity contribution is 0.147. The Kier molecular flexibility index (Phi) is 8.01. The van der Waals surface area contributed by atoms with Crippen molar-refractivity contribution in [1.29, 1.82) is 0 Å². The summed E-state index contributed by atoms with van der Waals surface area (Å²) < 4.78 is 2.46. The van der Waals surface area contributed by atoms with E-state index in [9.17, 15) is 0 Å². The highest BCUT2D eigenvalue weighted by Crippen LogP contribution is 2.36. The van der Waals surface area contributed by atoms with E-state index in [0.29, 0.717) is 0 Å². The number of hydrogen-bond donors (Lipinski definition) is 0. The van der Waals surface area contributed by atoms with E-state index in [1.54, 1.807) is 0 Å². The number of aromatic nitrogens is 2. The summed E-state index contributed by atoms with van der Waals surface area (Å²) in [6.45, 7) is 12.5. The second kappa shape index (κ2) is 11.3. The Bertz CT molecular complexity index is 1440. The fraction of sp³-hybridized carbons (Fsp3) is 0.387. The van der Waals surface area contributed by atoms with Gasteiger partial charge in [-0.3, -0.25) is 4.90 Å². The molecule has 0 unspecified atom stereocenters. The maximum Gasteiger partial charge on any atom is 0.153 e. The molecule has 1 saturated heterocycles. The number of halogens is 2. The Morgan fingerprint density at radius 1 is 0.868 bits per heavy atom. The lowest BCUT2D eigenvalue weighted by Gasteiger charge is -2.33. The molecule has 7 heteroatoms. The second-order valence-electron chi connectivity index (χ2n) is 10.8. The molecule has 2 aromatic carbocycles. The molecule has 1 fully saturated rings. The van der Waals surface area contributed by atoms with Crippen LogP contribution in [0.15, 0.2) is 54.6 Å². The van der Waals surface area contributed by atoms with Crippen LogP contribution in [0.4, 0.5) is 5.82 Å². The summed E-state index contributed by atoms with van der Waals surface area (Å²) in [6, 6.07) is 19.4. The quantitative estimate of drug-likeness (QED) is 0.301. The smallest absolute Gasteiger partial charge is 0.153 e. The molecule has 2 aliphatic rings. The highest BCUT2D eigenvalue weighted by molar-refractivity contribution is 6.30. The number of fused-ring (bicyclic) bond motifs is 2. The minimum absolute atomic E-state index is 0. The van der Waals surface area contributed by atoms with E-state index in [4.69, 9.17) is 16.6 Å². The first-order valence-corrected chi connectivity index (χ1v) is 13.8. The van der Waals surface area contributed by atoms with Gasteiger partial charge in [-0.1, -0.05) is 48.0 Å². The number of likely N-dealkylation sites (N-methyl/N-ethyl adjacent to an activating group) is 1. The number of aryl methyl sites for hydroxylation is 1. The molecule has 0 N–H and O–H groups in total. The number of anilines is 1. The van der Waals surface area contributed by atoms with Gasteiger partial charge >= 0.3 is 0 Å². The Labute approximate surface area is 237 Å². The molecule has 2 aromatic heterocycles. The molecular weight excluding hydrogens is 513 g/mol. The summed E-state index contributed by atoms with van der Waals surface area (Å²) >= 11 is 6.36. The number of benzene rings is 2. The van der Waals surface area contributed by atoms with Crippen molar-refractivity contribution in [3.8, 4) is 0 Å². The van der Waals surface area contributed by atoms with Gasteiger partial charge in [-0.15, -0.1) is 12.4 Å². The standard InChI is InChI=1S/C31H36ClN5.ClH/c1-22-23(2)37(19-24-7-6-10-27(32)17-24)30-29(22)18-28(21-35-15-13-34(3)14-16-35)33-31(30)36-12-11-25-8-4-5-9-26(25)20-36;/h4-10,17-18H,11-16,19-21H2,1-3H3;1H. The molecule has 0 saturated carbocycles. The third kappa shape index (κ3) is 5.30. The average molecular weight is 551 g/mol. The number of piperazine rings is 1. The van der Waals surface area contributed by atoms with Crippen LogP contribution in [0, 0.1) is 13.8 Å². The van der Waals surface area contributed by atoms with Crippen LogP contribution in [-0.4, -0.2) is 59.1 Å². The van der Waals surface area contributed by atoms with Crippen LogP contribution in [0.5, 0.6) is 0 Å². The predicted molar refractivity (Wildman–Crippen MR) is 161 cm³/mol. The third-order valence-corrected chi connectivity index (χ3v) is 8.53. The first kappa shape index (κ1) is 27.0. The fourth-order valence-corrected chi connectivity index (χ4v) is 6.14. The largest absolute Gasteiger partial charge is 0.350 e. The van der Waals surface area contributed by atoms with Crippen molar-refractivity contribution in [3.05, 3.63) is 93.3 Å². The Morgan fingerprint density at radius 3 is 2.39 bits per heavy atom. The highest BCUT2D eigenvalue weighted by Gasteiger charge is 2.25. The fourth-order valence-electron chi connectivity index (χ4n) is 5.92. The van der Waals surface area contributed by atoms with Crippen LogP contribution in [0.1, 0.15) is 33.6 Å². The van der Waals surface area contributed by atoms with E-state index in [0.717, 1.165) is 69.6 Å². The molecule has 0 amide bonds. The molecule has 0 radical (unpaired) electrons. The van der Waals surface area contributed by atoms with E-state index < -0.39 is 0 Å². The van der Waals surface area contributed by atoms with Crippen LogP contribution < -0.4 is 4.90 Å². The number of rotatable bonds is 5. The van der Waals surface area contributed by atoms with Gasteiger partial charge in [0.15, 0.2) is 5.82 Å². The van der Waals surface area contributed by atoms with E-state index >= 15 is 0 Å². The Hall–Kier alpha value is -2.57. The number of pyridine rings is 1. The summed E-state index contributed by atoms with van der Waals surface area (Å²) in [5.41, 5.74) is 9.15. The normalized spacial score (nSPS) is 16.5. The summed E-state index contributed by atoms with van der Waals surface area (Å²) in [5.74, 6) is 1.12. The molecule has 0 bridgehead atoms. The van der Waals surface area contributed by atoms with Crippen LogP contribution >= 0.6 is 24.0 Å². The van der Waals surface area contributed by atoms with Gasteiger partial charge in [0.05, 0.1) is 11.2 Å². The van der Waals surface area contributed by atoms with Crippen molar-refractivity contribution < 1.29 is 0 Å². The predicted octanol–water partition coefficient (Wildman–Crippen LogP) is 6.09. The van der Waals surface area contributed by atoms with E-state index in [-0.39, 0.29) is 12.4 Å². The number of hydrogen-bond acceptors (Lipinski definition) is 4.